The largest absolute Gasteiger partial charge is 0.495 e. The van der Waals surface area contributed by atoms with E-state index in [0.717, 1.165) is 12.2 Å². The summed E-state index contributed by atoms with van der Waals surface area (Å²) in [6.07, 6.45) is 8.01. The molecule has 1 fully saturated rings. The van der Waals surface area contributed by atoms with E-state index in [1.54, 1.807) is 0 Å². The summed E-state index contributed by atoms with van der Waals surface area (Å²) in [4.78, 5) is 0. The molecule has 0 aromatic carbocycles. The van der Waals surface area contributed by atoms with Crippen LogP contribution in [0.5, 0.6) is 0 Å². The van der Waals surface area contributed by atoms with Crippen LogP contribution in [-0.4, -0.2) is 6.10 Å². The number of hydrogen-bond acceptors (Lipinski definition) is 1. The van der Waals surface area contributed by atoms with E-state index in [2.05, 4.69) is 27.4 Å². The van der Waals surface area contributed by atoms with Gasteiger partial charge in [0.25, 0.3) is 0 Å². The normalized spacial score (nSPS) is 19.4. The molecule has 0 aromatic heterocycles. The standard InChI is InChI=1S/C13H24O/c1-5-13(3,4)11(2)14-12-9-7-6-8-10-12/h12H,2,5-10H2,1,3-4H3. The van der Waals surface area contributed by atoms with Gasteiger partial charge in [0, 0.05) is 5.41 Å². The van der Waals surface area contributed by atoms with Crippen molar-refractivity contribution in [3.05, 3.63) is 12.3 Å². The third-order valence-corrected chi connectivity index (χ3v) is 3.50. The first kappa shape index (κ1) is 11.6. The van der Waals surface area contributed by atoms with Crippen LogP contribution in [0.15, 0.2) is 12.3 Å². The molecule has 0 saturated heterocycles. The lowest BCUT2D eigenvalue weighted by molar-refractivity contribution is 0.0464. The summed E-state index contributed by atoms with van der Waals surface area (Å²) in [5.74, 6) is 0.979. The molecule has 0 atom stereocenters. The van der Waals surface area contributed by atoms with Crippen molar-refractivity contribution in [3.8, 4) is 0 Å². The Kier molecular flexibility index (Phi) is 4.03. The van der Waals surface area contributed by atoms with E-state index in [0.29, 0.717) is 6.10 Å². The van der Waals surface area contributed by atoms with Crippen LogP contribution in [0.1, 0.15) is 59.3 Å². The lowest BCUT2D eigenvalue weighted by atomic mass is 9.88. The number of rotatable bonds is 4. The third-order valence-electron chi connectivity index (χ3n) is 3.50. The first-order valence-corrected chi connectivity index (χ1v) is 5.92. The molecule has 0 aromatic rings. The van der Waals surface area contributed by atoms with Crippen LogP contribution in [0.4, 0.5) is 0 Å². The molecule has 0 amide bonds. The first-order valence-electron chi connectivity index (χ1n) is 5.92. The Labute approximate surface area is 88.5 Å². The molecule has 0 bridgehead atoms. The van der Waals surface area contributed by atoms with Crippen molar-refractivity contribution >= 4 is 0 Å². The Bertz CT molecular complexity index is 187. The molecule has 1 heteroatoms. The van der Waals surface area contributed by atoms with E-state index in [9.17, 15) is 0 Å². The molecule has 0 unspecified atom stereocenters. The molecule has 1 saturated carbocycles. The average Bonchev–Trinajstić information content (AvgIpc) is 2.19. The average molecular weight is 196 g/mol. The van der Waals surface area contributed by atoms with Gasteiger partial charge < -0.3 is 4.74 Å². The summed E-state index contributed by atoms with van der Waals surface area (Å²) < 4.78 is 5.95. The van der Waals surface area contributed by atoms with E-state index >= 15 is 0 Å². The van der Waals surface area contributed by atoms with Crippen molar-refractivity contribution < 1.29 is 4.74 Å². The summed E-state index contributed by atoms with van der Waals surface area (Å²) >= 11 is 0. The van der Waals surface area contributed by atoms with Gasteiger partial charge >= 0.3 is 0 Å². The predicted molar refractivity (Wildman–Crippen MR) is 61.2 cm³/mol. The molecular formula is C13H24O. The van der Waals surface area contributed by atoms with E-state index in [-0.39, 0.29) is 5.41 Å². The van der Waals surface area contributed by atoms with E-state index < -0.39 is 0 Å². The molecule has 1 nitrogen and oxygen atoms in total. The van der Waals surface area contributed by atoms with Crippen LogP contribution in [0.25, 0.3) is 0 Å². The zero-order valence-corrected chi connectivity index (χ0v) is 9.94. The molecule has 0 aliphatic heterocycles. The fourth-order valence-corrected chi connectivity index (χ4v) is 1.74. The third kappa shape index (κ3) is 3.04. The van der Waals surface area contributed by atoms with Crippen LogP contribution >= 0.6 is 0 Å². The van der Waals surface area contributed by atoms with Crippen LogP contribution in [0, 0.1) is 5.41 Å². The van der Waals surface area contributed by atoms with Crippen molar-refractivity contribution in [1.29, 1.82) is 0 Å². The fraction of sp³-hybridized carbons (Fsp3) is 0.846. The van der Waals surface area contributed by atoms with Gasteiger partial charge in [-0.05, 0) is 32.1 Å². The molecule has 0 spiro atoms. The van der Waals surface area contributed by atoms with Gasteiger partial charge in [-0.25, -0.2) is 0 Å². The lowest BCUT2D eigenvalue weighted by Crippen LogP contribution is -2.22. The molecule has 82 valence electrons. The molecule has 0 radical (unpaired) electrons. The summed E-state index contributed by atoms with van der Waals surface area (Å²) in [7, 11) is 0. The number of ether oxygens (including phenoxy) is 1. The Morgan fingerprint density at radius 1 is 1.29 bits per heavy atom. The molecule has 0 N–H and O–H groups in total. The smallest absolute Gasteiger partial charge is 0.0982 e. The molecule has 1 aliphatic rings. The second-order valence-electron chi connectivity index (χ2n) is 5.04. The minimum absolute atomic E-state index is 0.136. The van der Waals surface area contributed by atoms with Gasteiger partial charge in [0.05, 0.1) is 11.9 Å². The Hall–Kier alpha value is -0.460. The summed E-state index contributed by atoms with van der Waals surface area (Å²) in [5.41, 5.74) is 0.136. The van der Waals surface area contributed by atoms with E-state index in [4.69, 9.17) is 4.74 Å². The second-order valence-corrected chi connectivity index (χ2v) is 5.04. The van der Waals surface area contributed by atoms with E-state index in [1.165, 1.54) is 32.1 Å². The number of hydrogen-bond donors (Lipinski definition) is 0. The Morgan fingerprint density at radius 3 is 2.36 bits per heavy atom. The van der Waals surface area contributed by atoms with Crippen LogP contribution in [0.3, 0.4) is 0 Å². The van der Waals surface area contributed by atoms with Crippen molar-refractivity contribution in [2.75, 3.05) is 0 Å². The Balaban J connectivity index is 2.39. The SMILES string of the molecule is C=C(OC1CCCCC1)C(C)(C)CC. The van der Waals surface area contributed by atoms with Gasteiger partial charge in [-0.2, -0.15) is 0 Å². The van der Waals surface area contributed by atoms with Gasteiger partial charge in [0.1, 0.15) is 0 Å². The van der Waals surface area contributed by atoms with Crippen molar-refractivity contribution in [2.24, 2.45) is 5.41 Å². The molecule has 1 rings (SSSR count). The molecule has 1 aliphatic carbocycles. The van der Waals surface area contributed by atoms with Gasteiger partial charge in [-0.1, -0.05) is 33.8 Å². The van der Waals surface area contributed by atoms with Crippen LogP contribution in [0.2, 0.25) is 0 Å². The van der Waals surface area contributed by atoms with E-state index in [1.807, 2.05) is 0 Å². The minimum atomic E-state index is 0.136. The zero-order valence-electron chi connectivity index (χ0n) is 9.94. The van der Waals surface area contributed by atoms with Crippen molar-refractivity contribution in [2.45, 2.75) is 65.4 Å². The van der Waals surface area contributed by atoms with Gasteiger partial charge in [-0.15, -0.1) is 0 Å². The second kappa shape index (κ2) is 4.86. The lowest BCUT2D eigenvalue weighted by Gasteiger charge is -2.31. The molecular weight excluding hydrogens is 172 g/mol. The molecule has 14 heavy (non-hydrogen) atoms. The maximum absolute atomic E-state index is 5.95. The maximum atomic E-state index is 5.95. The minimum Gasteiger partial charge on any atom is -0.495 e. The van der Waals surface area contributed by atoms with Gasteiger partial charge in [-0.3, -0.25) is 0 Å². The summed E-state index contributed by atoms with van der Waals surface area (Å²) in [6, 6.07) is 0. The number of allylic oxidation sites excluding steroid dienone is 1. The highest BCUT2D eigenvalue weighted by molar-refractivity contribution is 4.98. The monoisotopic (exact) mass is 196 g/mol. The van der Waals surface area contributed by atoms with Gasteiger partial charge in [0.2, 0.25) is 0 Å². The van der Waals surface area contributed by atoms with Crippen molar-refractivity contribution in [1.82, 2.24) is 0 Å². The highest BCUT2D eigenvalue weighted by Crippen LogP contribution is 2.32. The Morgan fingerprint density at radius 2 is 1.86 bits per heavy atom. The van der Waals surface area contributed by atoms with Crippen LogP contribution in [-0.2, 0) is 4.74 Å². The predicted octanol–water partition coefficient (Wildman–Crippen LogP) is 4.29. The first-order chi connectivity index (χ1) is 6.56. The van der Waals surface area contributed by atoms with Gasteiger partial charge in [0.15, 0.2) is 0 Å². The molecule has 0 heterocycles. The topological polar surface area (TPSA) is 9.23 Å². The zero-order chi connectivity index (χ0) is 10.6. The highest BCUT2D eigenvalue weighted by Gasteiger charge is 2.24. The quantitative estimate of drug-likeness (QED) is 0.610. The van der Waals surface area contributed by atoms with Crippen LogP contribution < -0.4 is 0 Å². The fourth-order valence-electron chi connectivity index (χ4n) is 1.74. The maximum Gasteiger partial charge on any atom is 0.0982 e. The summed E-state index contributed by atoms with van der Waals surface area (Å²) in [6.45, 7) is 10.7. The summed E-state index contributed by atoms with van der Waals surface area (Å²) in [5, 5.41) is 0. The highest BCUT2D eigenvalue weighted by atomic mass is 16.5. The van der Waals surface area contributed by atoms with Crippen molar-refractivity contribution in [3.63, 3.8) is 0 Å².